The zero-order valence-electron chi connectivity index (χ0n) is 14.1. The van der Waals surface area contributed by atoms with E-state index in [9.17, 15) is 14.7 Å². The van der Waals surface area contributed by atoms with Gasteiger partial charge in [0.15, 0.2) is 16.2 Å². The number of benzene rings is 1. The number of carbonyl (C=O) groups excluding carboxylic acids is 1. The molecule has 136 valence electrons. The van der Waals surface area contributed by atoms with Crippen LogP contribution in [-0.4, -0.2) is 47.2 Å². The number of carbonyl (C=O) groups is 1. The molecule has 0 spiro atoms. The van der Waals surface area contributed by atoms with Crippen molar-refractivity contribution in [1.82, 2.24) is 4.90 Å². The maximum absolute atomic E-state index is 12.4. The summed E-state index contributed by atoms with van der Waals surface area (Å²) in [6.07, 6.45) is 1.27. The van der Waals surface area contributed by atoms with E-state index in [4.69, 9.17) is 9.15 Å². The fraction of sp³-hybridized carbons (Fsp3) is 0.250. The number of ether oxygens (including phenoxy) is 1. The van der Waals surface area contributed by atoms with Gasteiger partial charge in [-0.05, 0) is 22.9 Å². The number of hydrogen-bond donors (Lipinski definition) is 1. The minimum atomic E-state index is -0.307. The van der Waals surface area contributed by atoms with Gasteiger partial charge < -0.3 is 14.3 Å². The lowest BCUT2D eigenvalue weighted by molar-refractivity contribution is -0.123. The fourth-order valence-corrected chi connectivity index (χ4v) is 3.78. The highest BCUT2D eigenvalue weighted by Crippen LogP contribution is 2.41. The van der Waals surface area contributed by atoms with Crippen LogP contribution in [0.2, 0.25) is 0 Å². The molecular formula is C16H14BrN3O5S. The molecule has 10 heteroatoms. The summed E-state index contributed by atoms with van der Waals surface area (Å²) < 4.78 is 11.1. The lowest BCUT2D eigenvalue weighted by Gasteiger charge is -2.12. The van der Waals surface area contributed by atoms with Gasteiger partial charge in [-0.3, -0.25) is 14.5 Å². The molecule has 8 nitrogen and oxygen atoms in total. The molecule has 1 saturated heterocycles. The minimum absolute atomic E-state index is 0.0641. The number of halogens is 1. The van der Waals surface area contributed by atoms with Crippen molar-refractivity contribution in [2.24, 2.45) is 10.2 Å². The number of aromatic hydroxyl groups is 1. The minimum Gasteiger partial charge on any atom is -0.506 e. The third kappa shape index (κ3) is 3.10. The zero-order chi connectivity index (χ0) is 19.0. The smallest absolute Gasteiger partial charge is 0.238 e. The molecule has 0 bridgehead atoms. The molecule has 1 aliphatic heterocycles. The molecule has 0 radical (unpaired) electrons. The Bertz CT molecular complexity index is 1030. The molecule has 1 N–H and O–H groups in total. The third-order valence-electron chi connectivity index (χ3n) is 3.72. The lowest BCUT2D eigenvalue weighted by atomic mass is 10.1. The zero-order valence-corrected chi connectivity index (χ0v) is 16.5. The first-order chi connectivity index (χ1) is 12.3. The van der Waals surface area contributed by atoms with Crippen LogP contribution in [0.5, 0.6) is 11.5 Å². The number of amides is 1. The van der Waals surface area contributed by atoms with E-state index in [1.165, 1.54) is 36.1 Å². The highest BCUT2D eigenvalue weighted by Gasteiger charge is 2.25. The first-order valence-corrected chi connectivity index (χ1v) is 9.16. The van der Waals surface area contributed by atoms with Crippen LogP contribution < -0.4 is 10.2 Å². The average Bonchev–Trinajstić information content (AvgIpc) is 2.91. The van der Waals surface area contributed by atoms with Crippen molar-refractivity contribution in [3.05, 3.63) is 32.1 Å². The van der Waals surface area contributed by atoms with E-state index in [0.29, 0.717) is 16.7 Å². The molecule has 1 aliphatic rings. The SMILES string of the molecule is COc1c(/C=N/N=C2\SCC(=O)N2C)c(O)c(Br)c2oc(C)cc(=O)c12. The fourth-order valence-electron chi connectivity index (χ4n) is 2.44. The van der Waals surface area contributed by atoms with Crippen molar-refractivity contribution in [3.63, 3.8) is 0 Å². The van der Waals surface area contributed by atoms with Crippen molar-refractivity contribution in [2.75, 3.05) is 19.9 Å². The highest BCUT2D eigenvalue weighted by atomic mass is 79.9. The number of rotatable bonds is 3. The van der Waals surface area contributed by atoms with Crippen LogP contribution in [0.4, 0.5) is 0 Å². The Morgan fingerprint density at radius 3 is 2.81 bits per heavy atom. The van der Waals surface area contributed by atoms with E-state index in [2.05, 4.69) is 26.1 Å². The number of hydrogen-bond acceptors (Lipinski definition) is 8. The Morgan fingerprint density at radius 2 is 2.19 bits per heavy atom. The number of phenolic OH excluding ortho intramolecular Hbond substituents is 1. The number of thioether (sulfide) groups is 1. The second-order valence-electron chi connectivity index (χ2n) is 5.40. The number of nitrogens with zero attached hydrogens (tertiary/aromatic N) is 3. The van der Waals surface area contributed by atoms with E-state index in [0.717, 1.165) is 0 Å². The maximum atomic E-state index is 12.4. The molecular weight excluding hydrogens is 426 g/mol. The van der Waals surface area contributed by atoms with Crippen molar-refractivity contribution in [1.29, 1.82) is 0 Å². The van der Waals surface area contributed by atoms with Gasteiger partial charge in [0.2, 0.25) is 5.91 Å². The van der Waals surface area contributed by atoms with Gasteiger partial charge in [0.05, 0.1) is 24.6 Å². The molecule has 0 saturated carbocycles. The summed E-state index contributed by atoms with van der Waals surface area (Å²) in [5, 5.41) is 19.0. The Balaban J connectivity index is 2.16. The number of phenols is 1. The molecule has 26 heavy (non-hydrogen) atoms. The largest absolute Gasteiger partial charge is 0.506 e. The van der Waals surface area contributed by atoms with Crippen LogP contribution in [0.25, 0.3) is 11.0 Å². The summed E-state index contributed by atoms with van der Waals surface area (Å²) in [7, 11) is 2.98. The van der Waals surface area contributed by atoms with Gasteiger partial charge in [-0.2, -0.15) is 5.10 Å². The molecule has 3 rings (SSSR count). The Morgan fingerprint density at radius 1 is 1.46 bits per heavy atom. The van der Waals surface area contributed by atoms with Crippen LogP contribution >= 0.6 is 27.7 Å². The van der Waals surface area contributed by atoms with Crippen LogP contribution in [0.3, 0.4) is 0 Å². The number of fused-ring (bicyclic) bond motifs is 1. The average molecular weight is 440 g/mol. The molecule has 2 aromatic rings. The van der Waals surface area contributed by atoms with Gasteiger partial charge in [0.1, 0.15) is 27.1 Å². The van der Waals surface area contributed by atoms with Crippen molar-refractivity contribution < 1.29 is 19.1 Å². The van der Waals surface area contributed by atoms with E-state index >= 15 is 0 Å². The molecule has 2 heterocycles. The van der Waals surface area contributed by atoms with Gasteiger partial charge in [-0.25, -0.2) is 0 Å². The van der Waals surface area contributed by atoms with Gasteiger partial charge in [0, 0.05) is 13.1 Å². The molecule has 0 unspecified atom stereocenters. The van der Waals surface area contributed by atoms with E-state index in [1.807, 2.05) is 0 Å². The molecule has 1 aromatic heterocycles. The van der Waals surface area contributed by atoms with Gasteiger partial charge in [-0.1, -0.05) is 11.8 Å². The van der Waals surface area contributed by atoms with Crippen molar-refractivity contribution >= 4 is 56.0 Å². The van der Waals surface area contributed by atoms with E-state index in [1.54, 1.807) is 14.0 Å². The normalized spacial score (nSPS) is 16.4. The lowest BCUT2D eigenvalue weighted by Crippen LogP contribution is -2.24. The summed E-state index contributed by atoms with van der Waals surface area (Å²) >= 11 is 4.51. The van der Waals surface area contributed by atoms with E-state index < -0.39 is 0 Å². The summed E-state index contributed by atoms with van der Waals surface area (Å²) in [5.74, 6) is 0.577. The Hall–Kier alpha value is -2.33. The number of amidine groups is 1. The van der Waals surface area contributed by atoms with Gasteiger partial charge >= 0.3 is 0 Å². The molecule has 1 aromatic carbocycles. The van der Waals surface area contributed by atoms with Crippen molar-refractivity contribution in [2.45, 2.75) is 6.92 Å². The number of aryl methyl sites for hydroxylation is 1. The molecule has 0 atom stereocenters. The predicted molar refractivity (Wildman–Crippen MR) is 103 cm³/mol. The molecule has 1 fully saturated rings. The summed E-state index contributed by atoms with van der Waals surface area (Å²) in [5.41, 5.74) is 0.0489. The van der Waals surface area contributed by atoms with Crippen LogP contribution in [0.1, 0.15) is 11.3 Å². The predicted octanol–water partition coefficient (Wildman–Crippen LogP) is 2.47. The second-order valence-corrected chi connectivity index (χ2v) is 7.14. The second kappa shape index (κ2) is 7.12. The standard InChI is InChI=1S/C16H14BrN3O5S/c1-7-4-9(21)11-14(24-3)8(13(23)12(17)15(11)25-7)5-18-19-16-20(2)10(22)6-26-16/h4-5,23H,6H2,1-3H3/b18-5+,19-16-. The first kappa shape index (κ1) is 18.5. The molecule has 0 aliphatic carbocycles. The summed E-state index contributed by atoms with van der Waals surface area (Å²) in [6.45, 7) is 1.64. The highest BCUT2D eigenvalue weighted by molar-refractivity contribution is 9.10. The van der Waals surface area contributed by atoms with Gasteiger partial charge in [-0.15, -0.1) is 5.10 Å². The van der Waals surface area contributed by atoms with Gasteiger partial charge in [0.25, 0.3) is 0 Å². The van der Waals surface area contributed by atoms with Crippen LogP contribution in [0.15, 0.2) is 30.0 Å². The Labute approximate surface area is 160 Å². The monoisotopic (exact) mass is 439 g/mol. The Kier molecular flexibility index (Phi) is 5.05. The maximum Gasteiger partial charge on any atom is 0.238 e. The topological polar surface area (TPSA) is 105 Å². The quantitative estimate of drug-likeness (QED) is 0.581. The third-order valence-corrected chi connectivity index (χ3v) is 5.47. The molecule has 1 amide bonds. The first-order valence-electron chi connectivity index (χ1n) is 7.38. The summed E-state index contributed by atoms with van der Waals surface area (Å²) in [4.78, 5) is 25.3. The van der Waals surface area contributed by atoms with Crippen LogP contribution in [-0.2, 0) is 4.79 Å². The van der Waals surface area contributed by atoms with Crippen molar-refractivity contribution in [3.8, 4) is 11.5 Å². The number of methoxy groups -OCH3 is 1. The van der Waals surface area contributed by atoms with Crippen LogP contribution in [0, 0.1) is 6.92 Å². The van der Waals surface area contributed by atoms with E-state index in [-0.39, 0.29) is 43.8 Å². The summed E-state index contributed by atoms with van der Waals surface area (Å²) in [6, 6.07) is 1.34.